The van der Waals surface area contributed by atoms with E-state index < -0.39 is 0 Å². The lowest BCUT2D eigenvalue weighted by atomic mass is 9.77. The van der Waals surface area contributed by atoms with Crippen molar-refractivity contribution in [3.63, 3.8) is 0 Å². The monoisotopic (exact) mass is 319 g/mol. The molecule has 1 aromatic carbocycles. The zero-order valence-electron chi connectivity index (χ0n) is 11.8. The van der Waals surface area contributed by atoms with E-state index in [1.165, 1.54) is 23.3 Å². The first-order valence-electron chi connectivity index (χ1n) is 6.83. The van der Waals surface area contributed by atoms with Crippen LogP contribution in [0.4, 0.5) is 5.69 Å². The van der Waals surface area contributed by atoms with Crippen LogP contribution in [0.25, 0.3) is 0 Å². The van der Waals surface area contributed by atoms with Gasteiger partial charge in [-0.2, -0.15) is 0 Å². The third-order valence-electron chi connectivity index (χ3n) is 3.65. The minimum Gasteiger partial charge on any atom is -0.378 e. The molecular weight excluding hydrogens is 298 g/mol. The molecule has 0 spiro atoms. The summed E-state index contributed by atoms with van der Waals surface area (Å²) in [6.45, 7) is 8.46. The fourth-order valence-corrected chi connectivity index (χ4v) is 3.40. The highest BCUT2D eigenvalue weighted by molar-refractivity contribution is 9.10. The highest BCUT2D eigenvalue weighted by atomic mass is 79.9. The lowest BCUT2D eigenvalue weighted by molar-refractivity contribution is 0.409. The van der Waals surface area contributed by atoms with Crippen LogP contribution in [-0.4, -0.2) is 5.54 Å². The number of allylic oxidation sites excluding steroid dienone is 1. The van der Waals surface area contributed by atoms with Gasteiger partial charge in [-0.25, -0.2) is 0 Å². The number of hydrogen-bond acceptors (Lipinski definition) is 1. The number of benzene rings is 1. The zero-order valence-corrected chi connectivity index (χ0v) is 13.4. The molecule has 19 heavy (non-hydrogen) atoms. The quantitative estimate of drug-likeness (QED) is 0.702. The molecule has 102 valence electrons. The van der Waals surface area contributed by atoms with Crippen LogP contribution in [0.2, 0.25) is 0 Å². The van der Waals surface area contributed by atoms with Crippen molar-refractivity contribution in [3.05, 3.63) is 52.5 Å². The lowest BCUT2D eigenvalue weighted by Gasteiger charge is -2.39. The molecule has 2 heteroatoms. The summed E-state index contributed by atoms with van der Waals surface area (Å²) in [4.78, 5) is 0. The van der Waals surface area contributed by atoms with Gasteiger partial charge >= 0.3 is 0 Å². The highest BCUT2D eigenvalue weighted by Gasteiger charge is 2.32. The van der Waals surface area contributed by atoms with E-state index in [-0.39, 0.29) is 5.54 Å². The van der Waals surface area contributed by atoms with Gasteiger partial charge in [0, 0.05) is 15.7 Å². The van der Waals surface area contributed by atoms with E-state index in [4.69, 9.17) is 0 Å². The normalized spacial score (nSPS) is 22.8. The second-order valence-corrected chi connectivity index (χ2v) is 6.64. The summed E-state index contributed by atoms with van der Waals surface area (Å²) in [5.74, 6) is 0. The van der Waals surface area contributed by atoms with Crippen molar-refractivity contribution in [1.29, 1.82) is 0 Å². The van der Waals surface area contributed by atoms with Crippen LogP contribution in [-0.2, 0) is 0 Å². The Labute approximate surface area is 124 Å². The van der Waals surface area contributed by atoms with Gasteiger partial charge in [0.05, 0.1) is 0 Å². The van der Waals surface area contributed by atoms with Gasteiger partial charge in [-0.15, -0.1) is 6.58 Å². The van der Waals surface area contributed by atoms with E-state index in [1.54, 1.807) is 0 Å². The molecule has 0 heterocycles. The molecule has 0 bridgehead atoms. The van der Waals surface area contributed by atoms with Crippen molar-refractivity contribution in [3.8, 4) is 0 Å². The standard InChI is InChI=1S/C17H22BrN/c1-13(2)11-17(10-6-7-14(3)12-17)19-16-9-5-4-8-15(16)18/h4-5,7-9,19H,1,6,10-12H2,2-3H3/t17-/m0/s1. The van der Waals surface area contributed by atoms with Crippen molar-refractivity contribution in [2.45, 2.75) is 45.1 Å². The molecule has 2 rings (SSSR count). The topological polar surface area (TPSA) is 12.0 Å². The van der Waals surface area contributed by atoms with E-state index in [1.807, 2.05) is 6.07 Å². The summed E-state index contributed by atoms with van der Waals surface area (Å²) in [7, 11) is 0. The fraction of sp³-hybridized carbons (Fsp3) is 0.412. The fourth-order valence-electron chi connectivity index (χ4n) is 3.02. The molecule has 0 saturated heterocycles. The Morgan fingerprint density at radius 3 is 2.79 bits per heavy atom. The smallest absolute Gasteiger partial charge is 0.0489 e. The Morgan fingerprint density at radius 2 is 2.16 bits per heavy atom. The van der Waals surface area contributed by atoms with E-state index in [2.05, 4.69) is 65.9 Å². The van der Waals surface area contributed by atoms with Crippen LogP contribution >= 0.6 is 15.9 Å². The Hall–Kier alpha value is -1.02. The molecule has 0 amide bonds. The minimum atomic E-state index is 0.120. The largest absolute Gasteiger partial charge is 0.378 e. The van der Waals surface area contributed by atoms with Crippen molar-refractivity contribution in [1.82, 2.24) is 0 Å². The number of rotatable bonds is 4. The maximum Gasteiger partial charge on any atom is 0.0489 e. The van der Waals surface area contributed by atoms with Gasteiger partial charge in [0.2, 0.25) is 0 Å². The summed E-state index contributed by atoms with van der Waals surface area (Å²) in [5.41, 5.74) is 4.02. The molecular formula is C17H22BrN. The molecule has 1 N–H and O–H groups in total. The summed E-state index contributed by atoms with van der Waals surface area (Å²) in [5, 5.41) is 3.78. The molecule has 1 aliphatic rings. The van der Waals surface area contributed by atoms with E-state index in [9.17, 15) is 0 Å². The third-order valence-corrected chi connectivity index (χ3v) is 4.34. The summed E-state index contributed by atoms with van der Waals surface area (Å²) in [6.07, 6.45) is 6.80. The Morgan fingerprint density at radius 1 is 1.42 bits per heavy atom. The second kappa shape index (κ2) is 5.96. The van der Waals surface area contributed by atoms with Crippen LogP contribution in [0.1, 0.15) is 39.5 Å². The maximum absolute atomic E-state index is 4.11. The second-order valence-electron chi connectivity index (χ2n) is 5.78. The van der Waals surface area contributed by atoms with Gasteiger partial charge in [0.15, 0.2) is 0 Å². The third kappa shape index (κ3) is 3.73. The Kier molecular flexibility index (Phi) is 4.51. The molecule has 0 radical (unpaired) electrons. The van der Waals surface area contributed by atoms with Gasteiger partial charge in [0.1, 0.15) is 0 Å². The molecule has 1 aliphatic carbocycles. The van der Waals surface area contributed by atoms with Crippen molar-refractivity contribution in [2.75, 3.05) is 5.32 Å². The molecule has 0 unspecified atom stereocenters. The molecule has 1 aromatic rings. The van der Waals surface area contributed by atoms with E-state index >= 15 is 0 Å². The van der Waals surface area contributed by atoms with Crippen LogP contribution in [0, 0.1) is 0 Å². The van der Waals surface area contributed by atoms with E-state index in [0.29, 0.717) is 0 Å². The van der Waals surface area contributed by atoms with Gasteiger partial charge < -0.3 is 5.32 Å². The number of nitrogens with one attached hydrogen (secondary N) is 1. The van der Waals surface area contributed by atoms with Crippen molar-refractivity contribution in [2.24, 2.45) is 0 Å². The number of hydrogen-bond donors (Lipinski definition) is 1. The highest BCUT2D eigenvalue weighted by Crippen LogP contribution is 2.37. The van der Waals surface area contributed by atoms with Gasteiger partial charge in [0.25, 0.3) is 0 Å². The van der Waals surface area contributed by atoms with Crippen molar-refractivity contribution < 1.29 is 0 Å². The Bertz CT molecular complexity index is 504. The van der Waals surface area contributed by atoms with Gasteiger partial charge in [-0.1, -0.05) is 29.4 Å². The lowest BCUT2D eigenvalue weighted by Crippen LogP contribution is -2.40. The SMILES string of the molecule is C=C(C)C[C@@]1(Nc2ccccc2Br)CCC=C(C)C1. The predicted molar refractivity (Wildman–Crippen MR) is 87.5 cm³/mol. The molecule has 1 atom stereocenters. The molecule has 1 nitrogen and oxygen atoms in total. The first-order valence-corrected chi connectivity index (χ1v) is 7.63. The Balaban J connectivity index is 2.26. The molecule has 0 aliphatic heterocycles. The predicted octanol–water partition coefficient (Wildman–Crippen LogP) is 5.70. The first kappa shape index (κ1) is 14.4. The zero-order chi connectivity index (χ0) is 13.9. The minimum absolute atomic E-state index is 0.120. The summed E-state index contributed by atoms with van der Waals surface area (Å²) >= 11 is 3.63. The number of anilines is 1. The molecule has 0 aromatic heterocycles. The first-order chi connectivity index (χ1) is 9.01. The van der Waals surface area contributed by atoms with E-state index in [0.717, 1.165) is 23.7 Å². The van der Waals surface area contributed by atoms with Crippen molar-refractivity contribution >= 4 is 21.6 Å². The average Bonchev–Trinajstić information content (AvgIpc) is 2.31. The van der Waals surface area contributed by atoms with Crippen LogP contribution in [0.5, 0.6) is 0 Å². The number of para-hydroxylation sites is 1. The van der Waals surface area contributed by atoms with Crippen LogP contribution in [0.15, 0.2) is 52.5 Å². The summed E-state index contributed by atoms with van der Waals surface area (Å²) in [6, 6.07) is 8.35. The van der Waals surface area contributed by atoms with Gasteiger partial charge in [-0.3, -0.25) is 0 Å². The van der Waals surface area contributed by atoms with Crippen LogP contribution < -0.4 is 5.32 Å². The molecule has 0 fully saturated rings. The number of halogens is 1. The van der Waals surface area contributed by atoms with Crippen LogP contribution in [0.3, 0.4) is 0 Å². The maximum atomic E-state index is 4.11. The summed E-state index contributed by atoms with van der Waals surface area (Å²) < 4.78 is 1.13. The molecule has 0 saturated carbocycles. The van der Waals surface area contributed by atoms with Gasteiger partial charge in [-0.05, 0) is 67.6 Å². The average molecular weight is 320 g/mol.